The van der Waals surface area contributed by atoms with Crippen molar-refractivity contribution >= 4 is 101 Å². The first-order valence-electron chi connectivity index (χ1n) is 50.4. The van der Waals surface area contributed by atoms with Gasteiger partial charge in [0.05, 0.1) is 106 Å². The minimum atomic E-state index is -0.955. The van der Waals surface area contributed by atoms with Gasteiger partial charge < -0.3 is 53.0 Å². The Morgan fingerprint density at radius 1 is 0.370 bits per heavy atom. The van der Waals surface area contributed by atoms with Crippen LogP contribution in [0.3, 0.4) is 0 Å². The van der Waals surface area contributed by atoms with Gasteiger partial charge >= 0.3 is 48.9 Å². The smallest absolute Gasteiger partial charge is 0.494 e. The van der Waals surface area contributed by atoms with Gasteiger partial charge in [0, 0.05) is 89.0 Å². The number of aliphatic carboxylic acids is 1. The molecule has 1 aromatic heterocycles. The predicted molar refractivity (Wildman–Crippen MR) is 549 cm³/mol. The summed E-state index contributed by atoms with van der Waals surface area (Å²) in [7, 11) is -0.441. The number of benzene rings is 7. The lowest BCUT2D eigenvalue weighted by Crippen LogP contribution is -2.41. The van der Waals surface area contributed by atoms with Crippen LogP contribution in [0, 0.1) is 69.3 Å². The van der Waals surface area contributed by atoms with Crippen LogP contribution in [0.25, 0.3) is 11.3 Å². The van der Waals surface area contributed by atoms with Gasteiger partial charge in [0.25, 0.3) is 5.69 Å². The van der Waals surface area contributed by atoms with Gasteiger partial charge in [-0.05, 0) is 273 Å². The maximum absolute atomic E-state index is 13.0. The molecule has 1 saturated heterocycles. The Morgan fingerprint density at radius 2 is 0.658 bits per heavy atom. The Bertz CT molecular complexity index is 6050. The number of rotatable bonds is 23. The zero-order valence-corrected chi connectivity index (χ0v) is 87.6. The molecule has 1 fully saturated rings. The van der Waals surface area contributed by atoms with Gasteiger partial charge in [-0.25, -0.2) is 4.98 Å². The van der Waals surface area contributed by atoms with Crippen LogP contribution in [0.2, 0.25) is 0 Å². The molecule has 30 heteroatoms. The number of phenols is 2. The number of carbonyl (C=O) groups is 14. The minimum absolute atomic E-state index is 0.0114. The summed E-state index contributed by atoms with van der Waals surface area (Å²) >= 11 is 0. The van der Waals surface area contributed by atoms with E-state index in [1.165, 1.54) is 41.1 Å². The molecule has 0 amide bonds. The number of aromatic hydroxyl groups is 2. The summed E-state index contributed by atoms with van der Waals surface area (Å²) in [5, 5.41) is 38.4. The fourth-order valence-corrected chi connectivity index (χ4v) is 19.9. The SMILES string of the molecule is CC1(CC(=O)O)CCc2cc(O)ccc2C1=O.CCOC(=O)CC1(C)CCc2cc(-c3ccc([N+](=O)[O-])cn3)ccc2C1=O.CCOC(=O)CC1(C)CCc2cc(B3OC(C)(C)C(C)(C)O3)ccc2C1=O.CCOC(=O)CC1(C)CCc2cc(C)ccc2C1=O.CCOC(=O)CC1(C)CCc2cc(C)ccc2C1=O.CCOC(=O)CC1(C)CCc2cc(O)ccc2C1=O.CCOC(=O)CC1CCc2cc(C)ccc2C1=O. The number of carbonyl (C=O) groups excluding carboxylic acids is 13. The molecule has 8 aliphatic rings. The summed E-state index contributed by atoms with van der Waals surface area (Å²) in [4.78, 5) is 183. The number of aromatic nitrogens is 1. The zero-order valence-electron chi connectivity index (χ0n) is 87.6. The lowest BCUT2D eigenvalue weighted by molar-refractivity contribution is -0.385. The van der Waals surface area contributed by atoms with Gasteiger partial charge in [-0.2, -0.15) is 0 Å². The number of nitrogens with zero attached hydrogens (tertiary/aromatic N) is 2. The number of hydrogen-bond donors (Lipinski definition) is 3. The van der Waals surface area contributed by atoms with Gasteiger partial charge in [-0.15, -0.1) is 0 Å². The molecule has 0 bridgehead atoms. The lowest BCUT2D eigenvalue weighted by atomic mass is 9.68. The molecule has 778 valence electrons. The predicted octanol–water partition coefficient (Wildman–Crippen LogP) is 20.2. The summed E-state index contributed by atoms with van der Waals surface area (Å²) < 4.78 is 42.1. The highest BCUT2D eigenvalue weighted by molar-refractivity contribution is 6.62. The summed E-state index contributed by atoms with van der Waals surface area (Å²) in [5.74, 6) is -2.70. The second kappa shape index (κ2) is 48.8. The number of esters is 6. The highest BCUT2D eigenvalue weighted by atomic mass is 16.7. The van der Waals surface area contributed by atoms with Crippen LogP contribution in [-0.2, 0) is 116 Å². The molecule has 8 aromatic rings. The third-order valence-electron chi connectivity index (χ3n) is 29.3. The number of Topliss-reactive ketones (excluding diaryl/α,β-unsaturated/α-hetero) is 7. The third kappa shape index (κ3) is 28.1. The molecule has 3 N–H and O–H groups in total. The Labute approximate surface area is 854 Å². The second-order valence-electron chi connectivity index (χ2n) is 41.6. The Kier molecular flexibility index (Phi) is 38.3. The normalized spacial score (nSPS) is 21.8. The largest absolute Gasteiger partial charge is 0.508 e. The van der Waals surface area contributed by atoms with Crippen molar-refractivity contribution in [1.82, 2.24) is 4.98 Å². The van der Waals surface area contributed by atoms with E-state index in [-0.39, 0.29) is 144 Å². The van der Waals surface area contributed by atoms with E-state index < -0.39 is 61.7 Å². The molecule has 7 aromatic carbocycles. The van der Waals surface area contributed by atoms with Crippen molar-refractivity contribution in [3.63, 3.8) is 0 Å². The van der Waals surface area contributed by atoms with Gasteiger partial charge in [-0.3, -0.25) is 77.2 Å². The number of pyridine rings is 1. The van der Waals surface area contributed by atoms with E-state index in [4.69, 9.17) is 42.8 Å². The van der Waals surface area contributed by atoms with E-state index in [9.17, 15) is 87.5 Å². The number of nitro groups is 1. The number of fused-ring (bicyclic) bond motifs is 7. The first-order chi connectivity index (χ1) is 68.7. The van der Waals surface area contributed by atoms with Crippen LogP contribution in [-0.4, -0.2) is 165 Å². The molecule has 29 nitrogen and oxygen atoms in total. The lowest BCUT2D eigenvalue weighted by Gasteiger charge is -2.32. The molecule has 7 aliphatic carbocycles. The minimum Gasteiger partial charge on any atom is -0.508 e. The molecular formula is C116H139BN2O27. The second-order valence-corrected chi connectivity index (χ2v) is 41.6. The van der Waals surface area contributed by atoms with Crippen molar-refractivity contribution in [2.24, 2.45) is 38.4 Å². The molecule has 0 radical (unpaired) electrons. The standard InChI is InChI=1S/C21H29BO5.C20H20N2O5.2C16H20O3.C15H18O4.C15H18O3.C13H14O4/c1-7-25-17(23)13-21(6)11-10-14-12-15(8-9-16(14)18(21)24)22-26-19(2,3)20(4,5)27-22;1-3-27-18(23)11-20(2)9-8-13-10-14(4-6-16(13)19(20)24)17-7-5-15(12-21-17)22(25)26;2*1-4-19-14(17)10-16(3)8-7-12-9-11(2)5-6-13(12)15(16)18;1-3-19-13(17)9-15(2)7-6-10-8-11(16)4-5-12(10)14(15)18;1-3-18-14(16)9-12-6-5-11-8-10(2)4-7-13(11)15(12)17;1-13(7-11(15)16)5-4-8-6-9(14)2-3-10(8)12(13)17/h8-9,12H,7,10-11,13H2,1-6H3;4-7,10,12H,3,8-9,11H2,1-2H3;2*5-6,9H,4,7-8,10H2,1-3H3;4-5,8,16H,3,6-7,9H2,1-2H3;4,7-8,12H,3,5-6,9H2,1-2H3;2-3,6,14H,4-5,7H2,1H3,(H,15,16). The average Bonchev–Trinajstić information content (AvgIpc) is 1.52. The van der Waals surface area contributed by atoms with Crippen LogP contribution in [0.5, 0.6) is 11.5 Å². The maximum atomic E-state index is 13.0. The van der Waals surface area contributed by atoms with Crippen molar-refractivity contribution in [2.75, 3.05) is 39.6 Å². The number of ether oxygens (including phenoxy) is 6. The highest BCUT2D eigenvalue weighted by Crippen LogP contribution is 2.47. The first kappa shape index (κ1) is 115. The van der Waals surface area contributed by atoms with Crippen molar-refractivity contribution in [3.8, 4) is 22.8 Å². The monoisotopic (exact) mass is 2000 g/mol. The maximum Gasteiger partial charge on any atom is 0.494 e. The highest BCUT2D eigenvalue weighted by Gasteiger charge is 2.53. The van der Waals surface area contributed by atoms with E-state index >= 15 is 0 Å². The first-order valence-corrected chi connectivity index (χ1v) is 50.4. The molecule has 0 saturated carbocycles. The van der Waals surface area contributed by atoms with Crippen molar-refractivity contribution in [1.29, 1.82) is 0 Å². The van der Waals surface area contributed by atoms with E-state index in [1.807, 2.05) is 137 Å². The van der Waals surface area contributed by atoms with Crippen LogP contribution in [0.15, 0.2) is 146 Å². The van der Waals surface area contributed by atoms with Crippen molar-refractivity contribution in [2.45, 2.75) is 278 Å². The molecule has 1 aliphatic heterocycles. The Balaban J connectivity index is 0.000000176. The third-order valence-corrected chi connectivity index (χ3v) is 29.3. The number of carboxylic acids is 1. The van der Waals surface area contributed by atoms with E-state index in [1.54, 1.807) is 97.9 Å². The van der Waals surface area contributed by atoms with Gasteiger partial charge in [0.2, 0.25) is 0 Å². The summed E-state index contributed by atoms with van der Waals surface area (Å²) in [6.45, 7) is 37.7. The number of phenolic OH excluding ortho intramolecular Hbond substituents is 2. The van der Waals surface area contributed by atoms with Crippen LogP contribution < -0.4 is 5.46 Å². The molecule has 0 spiro atoms. The van der Waals surface area contributed by atoms with Crippen LogP contribution >= 0.6 is 0 Å². The number of aryl methyl sites for hydroxylation is 10. The molecule has 7 atom stereocenters. The number of carboxylic acid groups (broad SMARTS) is 1. The fraction of sp³-hybridized carbons (Fsp3) is 0.474. The molecule has 7 unspecified atom stereocenters. The molecule has 146 heavy (non-hydrogen) atoms. The van der Waals surface area contributed by atoms with E-state index in [0.717, 1.165) is 98.8 Å². The fourth-order valence-electron chi connectivity index (χ4n) is 19.9. The van der Waals surface area contributed by atoms with Gasteiger partial charge in [0.1, 0.15) is 17.7 Å². The topological polar surface area (TPSA) is 430 Å². The Hall–Kier alpha value is -13.3. The van der Waals surface area contributed by atoms with E-state index in [2.05, 4.69) is 23.2 Å². The average molecular weight is 2000 g/mol. The van der Waals surface area contributed by atoms with Crippen LogP contribution in [0.1, 0.15) is 329 Å². The van der Waals surface area contributed by atoms with Crippen LogP contribution in [0.4, 0.5) is 5.69 Å². The summed E-state index contributed by atoms with van der Waals surface area (Å²) in [6.07, 6.45) is 11.7. The van der Waals surface area contributed by atoms with Gasteiger partial charge in [0.15, 0.2) is 40.5 Å². The summed E-state index contributed by atoms with van der Waals surface area (Å²) in [5.41, 5.74) is 12.4. The molecule has 2 heterocycles. The number of hydrogen-bond acceptors (Lipinski definition) is 27. The molecule has 16 rings (SSSR count). The van der Waals surface area contributed by atoms with Gasteiger partial charge in [-0.1, -0.05) is 143 Å². The quantitative estimate of drug-likeness (QED) is 0.0176. The summed E-state index contributed by atoms with van der Waals surface area (Å²) in [6, 6.07) is 41.3. The Morgan fingerprint density at radius 3 is 0.979 bits per heavy atom. The molecular weight excluding hydrogens is 1860 g/mol. The van der Waals surface area contributed by atoms with E-state index in [0.29, 0.717) is 125 Å². The van der Waals surface area contributed by atoms with Crippen molar-refractivity contribution in [3.05, 3.63) is 250 Å². The van der Waals surface area contributed by atoms with Crippen molar-refractivity contribution < 1.29 is 125 Å². The number of ketones is 7. The zero-order chi connectivity index (χ0) is 108.